The molecule has 5 nitrogen and oxygen atoms in total. The largest absolute Gasteiger partial charge is 0.496 e. The third kappa shape index (κ3) is 4.54. The number of carbonyl (C=O) groups is 2. The van der Waals surface area contributed by atoms with Gasteiger partial charge in [0.15, 0.2) is 0 Å². The number of benzene rings is 3. The van der Waals surface area contributed by atoms with Crippen LogP contribution in [0.3, 0.4) is 0 Å². The topological polar surface area (TPSA) is 67.4 Å². The van der Waals surface area contributed by atoms with Crippen molar-refractivity contribution in [3.05, 3.63) is 95.3 Å². The van der Waals surface area contributed by atoms with E-state index in [1.807, 2.05) is 0 Å². The second-order valence-electron chi connectivity index (χ2n) is 6.01. The lowest BCUT2D eigenvalue weighted by atomic mass is 10.1. The van der Waals surface area contributed by atoms with Crippen LogP contribution in [0.2, 0.25) is 0 Å². The van der Waals surface area contributed by atoms with Crippen LogP contribution in [0, 0.1) is 5.82 Å². The van der Waals surface area contributed by atoms with E-state index < -0.39 is 0 Å². The Morgan fingerprint density at radius 2 is 1.57 bits per heavy atom. The Labute approximate surface area is 162 Å². The zero-order valence-electron chi connectivity index (χ0n) is 15.2. The highest BCUT2D eigenvalue weighted by atomic mass is 19.1. The lowest BCUT2D eigenvalue weighted by Gasteiger charge is -2.10. The van der Waals surface area contributed by atoms with Gasteiger partial charge in [0.25, 0.3) is 11.8 Å². The van der Waals surface area contributed by atoms with Gasteiger partial charge in [-0.15, -0.1) is 0 Å². The molecule has 0 radical (unpaired) electrons. The number of anilines is 1. The van der Waals surface area contributed by atoms with Crippen molar-refractivity contribution in [1.29, 1.82) is 0 Å². The minimum atomic E-state index is -0.364. The summed E-state index contributed by atoms with van der Waals surface area (Å²) in [4.78, 5) is 24.6. The third-order valence-corrected chi connectivity index (χ3v) is 4.15. The molecule has 6 heteroatoms. The number of hydrogen-bond donors (Lipinski definition) is 2. The summed E-state index contributed by atoms with van der Waals surface area (Å²) in [6, 6.07) is 19.6. The number of amides is 2. The van der Waals surface area contributed by atoms with Crippen molar-refractivity contribution in [1.82, 2.24) is 5.32 Å². The number of para-hydroxylation sites is 1. The average Bonchev–Trinajstić information content (AvgIpc) is 2.73. The van der Waals surface area contributed by atoms with Crippen molar-refractivity contribution in [2.75, 3.05) is 12.4 Å². The highest BCUT2D eigenvalue weighted by Crippen LogP contribution is 2.19. The minimum absolute atomic E-state index is 0.0950. The van der Waals surface area contributed by atoms with Crippen molar-refractivity contribution in [2.24, 2.45) is 0 Å². The minimum Gasteiger partial charge on any atom is -0.496 e. The summed E-state index contributed by atoms with van der Waals surface area (Å²) in [5.74, 6) is -0.526. The van der Waals surface area contributed by atoms with E-state index in [1.165, 1.54) is 13.2 Å². The van der Waals surface area contributed by atoms with Gasteiger partial charge in [-0.2, -0.15) is 0 Å². The Bertz CT molecular complexity index is 987. The molecule has 0 saturated carbocycles. The molecule has 0 saturated heterocycles. The van der Waals surface area contributed by atoms with Gasteiger partial charge in [-0.3, -0.25) is 9.59 Å². The first-order valence-corrected chi connectivity index (χ1v) is 8.64. The fourth-order valence-corrected chi connectivity index (χ4v) is 2.65. The summed E-state index contributed by atoms with van der Waals surface area (Å²) in [6.45, 7) is 0.0950. The predicted octanol–water partition coefficient (Wildman–Crippen LogP) is 4.02. The van der Waals surface area contributed by atoms with Crippen molar-refractivity contribution in [3.8, 4) is 5.75 Å². The summed E-state index contributed by atoms with van der Waals surface area (Å²) >= 11 is 0. The van der Waals surface area contributed by atoms with Crippen molar-refractivity contribution in [3.63, 3.8) is 0 Å². The molecular formula is C22H19FN2O3. The van der Waals surface area contributed by atoms with E-state index >= 15 is 0 Å². The van der Waals surface area contributed by atoms with Crippen LogP contribution in [-0.2, 0) is 6.54 Å². The summed E-state index contributed by atoms with van der Waals surface area (Å²) in [5.41, 5.74) is 1.78. The lowest BCUT2D eigenvalue weighted by Crippen LogP contribution is -2.23. The fourth-order valence-electron chi connectivity index (χ4n) is 2.65. The molecule has 142 valence electrons. The van der Waals surface area contributed by atoms with Crippen molar-refractivity contribution < 1.29 is 18.7 Å². The molecule has 3 aromatic carbocycles. The Morgan fingerprint density at radius 3 is 2.29 bits per heavy atom. The summed E-state index contributed by atoms with van der Waals surface area (Å²) < 4.78 is 18.8. The van der Waals surface area contributed by atoms with Crippen LogP contribution in [0.4, 0.5) is 10.1 Å². The normalized spacial score (nSPS) is 10.2. The molecule has 0 aromatic heterocycles. The Balaban J connectivity index is 1.62. The molecule has 0 aliphatic heterocycles. The first-order valence-electron chi connectivity index (χ1n) is 8.64. The number of halogens is 1. The monoisotopic (exact) mass is 378 g/mol. The highest BCUT2D eigenvalue weighted by Gasteiger charge is 2.12. The second-order valence-corrected chi connectivity index (χ2v) is 6.01. The van der Waals surface area contributed by atoms with E-state index in [2.05, 4.69) is 10.6 Å². The van der Waals surface area contributed by atoms with Crippen LogP contribution >= 0.6 is 0 Å². The molecule has 2 N–H and O–H groups in total. The van der Waals surface area contributed by atoms with Crippen molar-refractivity contribution in [2.45, 2.75) is 6.54 Å². The van der Waals surface area contributed by atoms with E-state index in [9.17, 15) is 14.0 Å². The van der Waals surface area contributed by atoms with Crippen LogP contribution in [-0.4, -0.2) is 18.9 Å². The smallest absolute Gasteiger partial charge is 0.259 e. The SMILES string of the molecule is COc1ccccc1C(=O)Nc1ccc(C(=O)NCc2ccccc2F)cc1. The molecule has 3 aromatic rings. The lowest BCUT2D eigenvalue weighted by molar-refractivity contribution is 0.0950. The third-order valence-electron chi connectivity index (χ3n) is 4.15. The molecule has 0 heterocycles. The number of ether oxygens (including phenoxy) is 1. The van der Waals surface area contributed by atoms with E-state index in [1.54, 1.807) is 66.7 Å². The molecule has 0 bridgehead atoms. The zero-order chi connectivity index (χ0) is 19.9. The van der Waals surface area contributed by atoms with Gasteiger partial charge in [-0.1, -0.05) is 30.3 Å². The molecule has 0 fully saturated rings. The molecule has 0 unspecified atom stereocenters. The number of hydrogen-bond acceptors (Lipinski definition) is 3. The molecule has 0 spiro atoms. The summed E-state index contributed by atoms with van der Waals surface area (Å²) in [7, 11) is 1.50. The van der Waals surface area contributed by atoms with Crippen LogP contribution < -0.4 is 15.4 Å². The van der Waals surface area contributed by atoms with Gasteiger partial charge in [-0.25, -0.2) is 4.39 Å². The molecule has 0 aliphatic carbocycles. The van der Waals surface area contributed by atoms with Gasteiger partial charge < -0.3 is 15.4 Å². The van der Waals surface area contributed by atoms with Gasteiger partial charge in [0, 0.05) is 23.4 Å². The molecule has 0 aliphatic rings. The molecular weight excluding hydrogens is 359 g/mol. The van der Waals surface area contributed by atoms with E-state index in [-0.39, 0.29) is 24.2 Å². The summed E-state index contributed by atoms with van der Waals surface area (Å²) in [5, 5.41) is 5.44. The average molecular weight is 378 g/mol. The van der Waals surface area contributed by atoms with Crippen molar-refractivity contribution >= 4 is 17.5 Å². The molecule has 2 amide bonds. The number of methoxy groups -OCH3 is 1. The quantitative estimate of drug-likeness (QED) is 0.681. The number of carbonyl (C=O) groups excluding carboxylic acids is 2. The molecule has 0 atom stereocenters. The first kappa shape index (κ1) is 19.1. The first-order chi connectivity index (χ1) is 13.6. The van der Waals surface area contributed by atoms with E-state index in [0.29, 0.717) is 28.1 Å². The summed E-state index contributed by atoms with van der Waals surface area (Å²) in [6.07, 6.45) is 0. The van der Waals surface area contributed by atoms with E-state index in [4.69, 9.17) is 4.74 Å². The Hall–Kier alpha value is -3.67. The van der Waals surface area contributed by atoms with Crippen LogP contribution in [0.25, 0.3) is 0 Å². The van der Waals surface area contributed by atoms with Gasteiger partial charge in [0.2, 0.25) is 0 Å². The van der Waals surface area contributed by atoms with Gasteiger partial charge in [0.05, 0.1) is 12.7 Å². The van der Waals surface area contributed by atoms with Gasteiger partial charge in [0.1, 0.15) is 11.6 Å². The van der Waals surface area contributed by atoms with Crippen LogP contribution in [0.1, 0.15) is 26.3 Å². The second kappa shape index (κ2) is 8.81. The van der Waals surface area contributed by atoms with Gasteiger partial charge >= 0.3 is 0 Å². The van der Waals surface area contributed by atoms with Crippen LogP contribution in [0.15, 0.2) is 72.8 Å². The Kier molecular flexibility index (Phi) is 6.01. The highest BCUT2D eigenvalue weighted by molar-refractivity contribution is 6.06. The maximum absolute atomic E-state index is 13.6. The maximum atomic E-state index is 13.6. The maximum Gasteiger partial charge on any atom is 0.259 e. The predicted molar refractivity (Wildman–Crippen MR) is 105 cm³/mol. The van der Waals surface area contributed by atoms with Gasteiger partial charge in [-0.05, 0) is 42.5 Å². The fraction of sp³-hybridized carbons (Fsp3) is 0.0909. The molecule has 28 heavy (non-hydrogen) atoms. The zero-order valence-corrected chi connectivity index (χ0v) is 15.2. The number of rotatable bonds is 6. The van der Waals surface area contributed by atoms with E-state index in [0.717, 1.165) is 0 Å². The Morgan fingerprint density at radius 1 is 0.893 bits per heavy atom. The van der Waals surface area contributed by atoms with Crippen LogP contribution in [0.5, 0.6) is 5.75 Å². The molecule has 3 rings (SSSR count). The number of nitrogens with one attached hydrogen (secondary N) is 2. The standard InChI is InChI=1S/C22H19FN2O3/c1-28-20-9-5-3-7-18(20)22(27)25-17-12-10-15(11-13-17)21(26)24-14-16-6-2-4-8-19(16)23/h2-13H,14H2,1H3,(H,24,26)(H,25,27).